The minimum Gasteiger partial charge on any atom is -0.448 e. The van der Waals surface area contributed by atoms with Crippen molar-refractivity contribution in [2.45, 2.75) is 40.3 Å². The number of hydrogen-bond donors (Lipinski definition) is 1. The summed E-state index contributed by atoms with van der Waals surface area (Å²) in [5.74, 6) is 0.314. The number of hydrogen-bond acceptors (Lipinski definition) is 4. The van der Waals surface area contributed by atoms with Gasteiger partial charge in [-0.3, -0.25) is 4.79 Å². The number of imidazole rings is 1. The lowest BCUT2D eigenvalue weighted by molar-refractivity contribution is 0.0886. The molecule has 0 bridgehead atoms. The number of carbonyl (C=O) groups excluding carboxylic acids is 1. The molecule has 108 valence electrons. The van der Waals surface area contributed by atoms with Crippen LogP contribution in [0.15, 0.2) is 29.5 Å². The molecule has 2 aromatic heterocycles. The fraction of sp³-hybridized carbons (Fsp3) is 0.500. The number of aryl methyl sites for hydroxylation is 1. The van der Waals surface area contributed by atoms with Crippen LogP contribution in [0.25, 0.3) is 0 Å². The molecule has 0 saturated heterocycles. The summed E-state index contributed by atoms with van der Waals surface area (Å²) in [6.45, 7) is 8.65. The van der Waals surface area contributed by atoms with Crippen LogP contribution in [-0.4, -0.2) is 26.5 Å². The SMILES string of the molecule is Cc1ocnc1C(=O)N[C@@H](Cn1ccnc1)C(C)(C)C. The van der Waals surface area contributed by atoms with Crippen LogP contribution in [-0.2, 0) is 6.54 Å². The summed E-state index contributed by atoms with van der Waals surface area (Å²) < 4.78 is 7.02. The molecular weight excluding hydrogens is 256 g/mol. The number of aromatic nitrogens is 3. The van der Waals surface area contributed by atoms with E-state index in [1.165, 1.54) is 6.39 Å². The Bertz CT molecular complexity index is 566. The van der Waals surface area contributed by atoms with Gasteiger partial charge in [0.2, 0.25) is 0 Å². The number of carbonyl (C=O) groups is 1. The molecule has 0 aromatic carbocycles. The summed E-state index contributed by atoms with van der Waals surface area (Å²) in [6.07, 6.45) is 6.63. The van der Waals surface area contributed by atoms with Crippen LogP contribution < -0.4 is 5.32 Å². The molecule has 6 heteroatoms. The Morgan fingerprint density at radius 3 is 2.75 bits per heavy atom. The maximum absolute atomic E-state index is 12.3. The quantitative estimate of drug-likeness (QED) is 0.927. The van der Waals surface area contributed by atoms with Crippen molar-refractivity contribution in [3.63, 3.8) is 0 Å². The molecular formula is C14H20N4O2. The molecule has 0 aliphatic heterocycles. The average Bonchev–Trinajstić information content (AvgIpc) is 2.98. The Balaban J connectivity index is 2.12. The molecule has 0 unspecified atom stereocenters. The Morgan fingerprint density at radius 2 is 2.25 bits per heavy atom. The van der Waals surface area contributed by atoms with Crippen molar-refractivity contribution in [1.29, 1.82) is 0 Å². The van der Waals surface area contributed by atoms with Gasteiger partial charge in [-0.05, 0) is 12.3 Å². The molecule has 0 aliphatic carbocycles. The fourth-order valence-corrected chi connectivity index (χ4v) is 1.89. The summed E-state index contributed by atoms with van der Waals surface area (Å²) in [5, 5.41) is 3.03. The molecule has 20 heavy (non-hydrogen) atoms. The predicted molar refractivity (Wildman–Crippen MR) is 74.2 cm³/mol. The second kappa shape index (κ2) is 5.48. The van der Waals surface area contributed by atoms with E-state index >= 15 is 0 Å². The summed E-state index contributed by atoms with van der Waals surface area (Å²) in [7, 11) is 0. The lowest BCUT2D eigenvalue weighted by Gasteiger charge is -2.31. The Labute approximate surface area is 118 Å². The van der Waals surface area contributed by atoms with E-state index in [0.717, 1.165) is 0 Å². The largest absolute Gasteiger partial charge is 0.448 e. The van der Waals surface area contributed by atoms with Gasteiger partial charge in [-0.2, -0.15) is 0 Å². The topological polar surface area (TPSA) is 73.0 Å². The highest BCUT2D eigenvalue weighted by atomic mass is 16.3. The maximum Gasteiger partial charge on any atom is 0.273 e. The van der Waals surface area contributed by atoms with Crippen molar-refractivity contribution in [3.8, 4) is 0 Å². The van der Waals surface area contributed by atoms with E-state index in [-0.39, 0.29) is 17.4 Å². The Morgan fingerprint density at radius 1 is 1.50 bits per heavy atom. The molecule has 2 aromatic rings. The third kappa shape index (κ3) is 3.26. The van der Waals surface area contributed by atoms with E-state index < -0.39 is 0 Å². The number of nitrogens with zero attached hydrogens (tertiary/aromatic N) is 3. The van der Waals surface area contributed by atoms with Crippen molar-refractivity contribution in [2.75, 3.05) is 0 Å². The van der Waals surface area contributed by atoms with Crippen LogP contribution in [0.4, 0.5) is 0 Å². The first-order valence-electron chi connectivity index (χ1n) is 6.54. The molecule has 1 atom stereocenters. The zero-order chi connectivity index (χ0) is 14.8. The molecule has 0 saturated carbocycles. The maximum atomic E-state index is 12.3. The van der Waals surface area contributed by atoms with Crippen molar-refractivity contribution >= 4 is 5.91 Å². The summed E-state index contributed by atoms with van der Waals surface area (Å²) in [6, 6.07) is -0.0414. The van der Waals surface area contributed by atoms with E-state index in [0.29, 0.717) is 18.0 Å². The molecule has 1 amide bonds. The van der Waals surface area contributed by atoms with E-state index in [2.05, 4.69) is 36.1 Å². The first kappa shape index (κ1) is 14.3. The van der Waals surface area contributed by atoms with Crippen LogP contribution in [0.5, 0.6) is 0 Å². The molecule has 0 spiro atoms. The number of rotatable bonds is 4. The van der Waals surface area contributed by atoms with Gasteiger partial charge >= 0.3 is 0 Å². The van der Waals surface area contributed by atoms with Gasteiger partial charge in [0.15, 0.2) is 12.1 Å². The highest BCUT2D eigenvalue weighted by molar-refractivity contribution is 5.93. The number of amides is 1. The second-order valence-electron chi connectivity index (χ2n) is 5.91. The Kier molecular flexibility index (Phi) is 3.92. The fourth-order valence-electron chi connectivity index (χ4n) is 1.89. The molecule has 6 nitrogen and oxygen atoms in total. The zero-order valence-electron chi connectivity index (χ0n) is 12.3. The van der Waals surface area contributed by atoms with Crippen LogP contribution >= 0.6 is 0 Å². The minimum atomic E-state index is -0.212. The number of nitrogens with one attached hydrogen (secondary N) is 1. The van der Waals surface area contributed by atoms with Crippen molar-refractivity contribution < 1.29 is 9.21 Å². The standard InChI is InChI=1S/C14H20N4O2/c1-10-12(16-9-20-10)13(19)17-11(14(2,3)4)7-18-6-5-15-8-18/h5-6,8-9,11H,7H2,1-4H3,(H,17,19)/t11-/m0/s1. The average molecular weight is 276 g/mol. The smallest absolute Gasteiger partial charge is 0.273 e. The van der Waals surface area contributed by atoms with Gasteiger partial charge in [0.05, 0.1) is 12.4 Å². The molecule has 0 aliphatic rings. The van der Waals surface area contributed by atoms with E-state index in [9.17, 15) is 4.79 Å². The van der Waals surface area contributed by atoms with Crippen LogP contribution in [0.2, 0.25) is 0 Å². The third-order valence-corrected chi connectivity index (χ3v) is 3.26. The number of oxazole rings is 1. The summed E-state index contributed by atoms with van der Waals surface area (Å²) in [4.78, 5) is 20.2. The summed E-state index contributed by atoms with van der Waals surface area (Å²) in [5.41, 5.74) is 0.252. The van der Waals surface area contributed by atoms with Crippen molar-refractivity contribution in [1.82, 2.24) is 19.9 Å². The van der Waals surface area contributed by atoms with Gasteiger partial charge in [-0.15, -0.1) is 0 Å². The van der Waals surface area contributed by atoms with Gasteiger partial charge in [0, 0.05) is 18.9 Å². The molecule has 0 fully saturated rings. The molecule has 0 radical (unpaired) electrons. The van der Waals surface area contributed by atoms with Crippen LogP contribution in [0.1, 0.15) is 37.0 Å². The minimum absolute atomic E-state index is 0.0414. The lowest BCUT2D eigenvalue weighted by Crippen LogP contribution is -2.46. The zero-order valence-corrected chi connectivity index (χ0v) is 12.3. The monoisotopic (exact) mass is 276 g/mol. The Hall–Kier alpha value is -2.11. The highest BCUT2D eigenvalue weighted by Gasteiger charge is 2.28. The van der Waals surface area contributed by atoms with Crippen molar-refractivity contribution in [2.24, 2.45) is 5.41 Å². The second-order valence-corrected chi connectivity index (χ2v) is 5.91. The first-order valence-corrected chi connectivity index (χ1v) is 6.54. The highest BCUT2D eigenvalue weighted by Crippen LogP contribution is 2.21. The normalized spacial score (nSPS) is 13.2. The third-order valence-electron chi connectivity index (χ3n) is 3.26. The van der Waals surface area contributed by atoms with Gasteiger partial charge in [-0.1, -0.05) is 20.8 Å². The van der Waals surface area contributed by atoms with Gasteiger partial charge in [0.25, 0.3) is 5.91 Å². The van der Waals surface area contributed by atoms with Gasteiger partial charge in [-0.25, -0.2) is 9.97 Å². The summed E-state index contributed by atoms with van der Waals surface area (Å²) >= 11 is 0. The van der Waals surface area contributed by atoms with Gasteiger partial charge in [0.1, 0.15) is 5.76 Å². The van der Waals surface area contributed by atoms with E-state index in [4.69, 9.17) is 4.42 Å². The predicted octanol–water partition coefficient (Wildman–Crippen LogP) is 2.02. The van der Waals surface area contributed by atoms with Gasteiger partial charge < -0.3 is 14.3 Å². The lowest BCUT2D eigenvalue weighted by atomic mass is 9.86. The van der Waals surface area contributed by atoms with Crippen LogP contribution in [0, 0.1) is 12.3 Å². The molecule has 2 rings (SSSR count). The first-order chi connectivity index (χ1) is 9.38. The van der Waals surface area contributed by atoms with E-state index in [1.54, 1.807) is 19.4 Å². The van der Waals surface area contributed by atoms with E-state index in [1.807, 2.05) is 10.8 Å². The molecule has 1 N–H and O–H groups in total. The van der Waals surface area contributed by atoms with Crippen LogP contribution in [0.3, 0.4) is 0 Å². The molecule has 2 heterocycles. The van der Waals surface area contributed by atoms with Crippen molar-refractivity contribution in [3.05, 3.63) is 36.6 Å².